The van der Waals surface area contributed by atoms with E-state index in [4.69, 9.17) is 18.9 Å². The van der Waals surface area contributed by atoms with Gasteiger partial charge in [-0.3, -0.25) is 4.79 Å². The Bertz CT molecular complexity index is 1530. The number of rotatable bonds is 12. The Morgan fingerprint density at radius 1 is 0.884 bits per heavy atom. The van der Waals surface area contributed by atoms with E-state index in [2.05, 4.69) is 0 Å². The molecule has 0 saturated heterocycles. The highest BCUT2D eigenvalue weighted by Gasteiger charge is 2.34. The van der Waals surface area contributed by atoms with E-state index in [0.717, 1.165) is 11.1 Å². The number of hydrogen-bond donors (Lipinski definition) is 0. The predicted molar refractivity (Wildman–Crippen MR) is 161 cm³/mol. The first-order valence-electron chi connectivity index (χ1n) is 14.2. The highest BCUT2D eigenvalue weighted by atomic mass is 32.2. The number of ether oxygens (including phenoxy) is 4. The minimum absolute atomic E-state index is 0.126. The van der Waals surface area contributed by atoms with Crippen LogP contribution in [-0.2, 0) is 21.2 Å². The zero-order chi connectivity index (χ0) is 31.1. The molecule has 0 bridgehead atoms. The van der Waals surface area contributed by atoms with Crippen LogP contribution in [0.25, 0.3) is 0 Å². The molecule has 3 aromatic rings. The van der Waals surface area contributed by atoms with Gasteiger partial charge in [-0.2, -0.15) is 4.31 Å². The van der Waals surface area contributed by atoms with Gasteiger partial charge < -0.3 is 23.8 Å². The van der Waals surface area contributed by atoms with Crippen LogP contribution in [0.15, 0.2) is 65.6 Å². The van der Waals surface area contributed by atoms with Crippen molar-refractivity contribution in [2.45, 2.75) is 38.1 Å². The molecule has 0 saturated carbocycles. The fraction of sp³-hybridized carbons (Fsp3) is 0.375. The molecular formula is C32H38N2O8S. The summed E-state index contributed by atoms with van der Waals surface area (Å²) < 4.78 is 49.6. The van der Waals surface area contributed by atoms with Gasteiger partial charge in [0.15, 0.2) is 11.5 Å². The number of benzene rings is 3. The second kappa shape index (κ2) is 13.9. The second-order valence-electron chi connectivity index (χ2n) is 9.84. The number of carbonyl (C=O) groups is 2. The summed E-state index contributed by atoms with van der Waals surface area (Å²) in [5, 5.41) is 0. The number of esters is 1. The topological polar surface area (TPSA) is 112 Å². The van der Waals surface area contributed by atoms with Gasteiger partial charge in [-0.15, -0.1) is 0 Å². The summed E-state index contributed by atoms with van der Waals surface area (Å²) in [4.78, 5) is 27.8. The Balaban J connectivity index is 1.64. The zero-order valence-corrected chi connectivity index (χ0v) is 26.0. The maximum Gasteiger partial charge on any atom is 0.338 e. The molecule has 0 fully saturated rings. The molecule has 43 heavy (non-hydrogen) atoms. The Labute approximate surface area is 253 Å². The molecule has 0 aliphatic carbocycles. The largest absolute Gasteiger partial charge is 0.493 e. The first kappa shape index (κ1) is 31.8. The van der Waals surface area contributed by atoms with Gasteiger partial charge in [0.1, 0.15) is 12.4 Å². The van der Waals surface area contributed by atoms with E-state index < -0.39 is 22.0 Å². The highest BCUT2D eigenvalue weighted by molar-refractivity contribution is 7.89. The molecule has 0 aromatic heterocycles. The van der Waals surface area contributed by atoms with Crippen LogP contribution < -0.4 is 14.2 Å². The van der Waals surface area contributed by atoms with Crippen LogP contribution in [0, 0.1) is 0 Å². The molecule has 230 valence electrons. The van der Waals surface area contributed by atoms with Crippen molar-refractivity contribution in [2.24, 2.45) is 0 Å². The molecular weight excluding hydrogens is 572 g/mol. The predicted octanol–water partition coefficient (Wildman–Crippen LogP) is 4.73. The van der Waals surface area contributed by atoms with E-state index in [1.165, 1.54) is 16.4 Å². The van der Waals surface area contributed by atoms with Crippen LogP contribution in [0.2, 0.25) is 0 Å². The van der Waals surface area contributed by atoms with E-state index in [1.807, 2.05) is 12.1 Å². The van der Waals surface area contributed by atoms with Crippen molar-refractivity contribution in [3.05, 3.63) is 82.9 Å². The smallest absolute Gasteiger partial charge is 0.338 e. The summed E-state index contributed by atoms with van der Waals surface area (Å²) in [6.45, 7) is 6.85. The first-order chi connectivity index (χ1) is 20.7. The van der Waals surface area contributed by atoms with Crippen molar-refractivity contribution >= 4 is 21.9 Å². The summed E-state index contributed by atoms with van der Waals surface area (Å²) in [5.74, 6) is 0.993. The normalized spacial score (nSPS) is 14.7. The van der Waals surface area contributed by atoms with Crippen LogP contribution in [0.1, 0.15) is 58.7 Å². The standard InChI is InChI=1S/C32H38N2O8S/c1-6-33(7-2)43(37,38)26-15-11-22(12-16-26)31(35)34-18-17-24-19-29(39-4)30(40-5)20-27(24)28(34)21-42-25-13-9-23(10-14-25)32(36)41-8-3/h9-16,19-20,28H,6-8,17-18,21H2,1-5H3/t28-/m1/s1. The van der Waals surface area contributed by atoms with Crippen LogP contribution >= 0.6 is 0 Å². The first-order valence-corrected chi connectivity index (χ1v) is 15.7. The van der Waals surface area contributed by atoms with Gasteiger partial charge in [-0.1, -0.05) is 13.8 Å². The van der Waals surface area contributed by atoms with E-state index >= 15 is 0 Å². The molecule has 0 spiro atoms. The second-order valence-corrected chi connectivity index (χ2v) is 11.8. The van der Waals surface area contributed by atoms with Crippen LogP contribution in [0.5, 0.6) is 17.2 Å². The number of sulfonamides is 1. The third kappa shape index (κ3) is 6.78. The third-order valence-electron chi connectivity index (χ3n) is 7.48. The van der Waals surface area contributed by atoms with Crippen molar-refractivity contribution < 1.29 is 37.0 Å². The maximum absolute atomic E-state index is 13.9. The Hall–Kier alpha value is -4.09. The van der Waals surface area contributed by atoms with Crippen molar-refractivity contribution in [1.82, 2.24) is 9.21 Å². The summed E-state index contributed by atoms with van der Waals surface area (Å²) in [7, 11) is -0.518. The third-order valence-corrected chi connectivity index (χ3v) is 9.55. The van der Waals surface area contributed by atoms with Gasteiger partial charge in [0, 0.05) is 25.2 Å². The minimum Gasteiger partial charge on any atom is -0.493 e. The van der Waals surface area contributed by atoms with Gasteiger partial charge in [0.05, 0.1) is 37.3 Å². The molecule has 1 amide bonds. The van der Waals surface area contributed by atoms with Gasteiger partial charge in [-0.25, -0.2) is 13.2 Å². The molecule has 4 rings (SSSR count). The van der Waals surface area contributed by atoms with Crippen LogP contribution in [0.4, 0.5) is 0 Å². The average Bonchev–Trinajstić information content (AvgIpc) is 3.03. The summed E-state index contributed by atoms with van der Waals surface area (Å²) in [6, 6.07) is 16.0. The van der Waals surface area contributed by atoms with E-state index in [-0.39, 0.29) is 24.0 Å². The molecule has 1 aliphatic heterocycles. The lowest BCUT2D eigenvalue weighted by Gasteiger charge is -2.37. The molecule has 3 aromatic carbocycles. The SMILES string of the molecule is CCOC(=O)c1ccc(OC[C@@H]2c3cc(OC)c(OC)cc3CCN2C(=O)c2ccc(S(=O)(=O)N(CC)CC)cc2)cc1. The lowest BCUT2D eigenvalue weighted by Crippen LogP contribution is -2.42. The minimum atomic E-state index is -3.65. The molecule has 10 nitrogen and oxygen atoms in total. The van der Waals surface area contributed by atoms with Gasteiger partial charge in [-0.05, 0) is 85.1 Å². The quantitative estimate of drug-likeness (QED) is 0.271. The Morgan fingerprint density at radius 3 is 2.07 bits per heavy atom. The highest BCUT2D eigenvalue weighted by Crippen LogP contribution is 2.39. The van der Waals surface area contributed by atoms with Gasteiger partial charge in [0.2, 0.25) is 10.0 Å². The zero-order valence-electron chi connectivity index (χ0n) is 25.2. The van der Waals surface area contributed by atoms with E-state index in [1.54, 1.807) is 76.3 Å². The van der Waals surface area contributed by atoms with Crippen molar-refractivity contribution in [1.29, 1.82) is 0 Å². The molecule has 0 unspecified atom stereocenters. The maximum atomic E-state index is 13.9. The molecule has 0 N–H and O–H groups in total. The summed E-state index contributed by atoms with van der Waals surface area (Å²) in [5.41, 5.74) is 2.65. The van der Waals surface area contributed by atoms with Crippen LogP contribution in [0.3, 0.4) is 0 Å². The number of hydrogen-bond acceptors (Lipinski definition) is 8. The average molecular weight is 611 g/mol. The van der Waals surface area contributed by atoms with Crippen LogP contribution in [-0.4, -0.2) is 76.6 Å². The summed E-state index contributed by atoms with van der Waals surface area (Å²) >= 11 is 0. The van der Waals surface area contributed by atoms with E-state index in [9.17, 15) is 18.0 Å². The van der Waals surface area contributed by atoms with Crippen molar-refractivity contribution in [3.8, 4) is 17.2 Å². The number of fused-ring (bicyclic) bond motifs is 1. The van der Waals surface area contributed by atoms with Crippen molar-refractivity contribution in [3.63, 3.8) is 0 Å². The fourth-order valence-electron chi connectivity index (χ4n) is 5.18. The molecule has 11 heteroatoms. The molecule has 1 atom stereocenters. The monoisotopic (exact) mass is 610 g/mol. The Morgan fingerprint density at radius 2 is 1.49 bits per heavy atom. The lowest BCUT2D eigenvalue weighted by molar-refractivity contribution is 0.0524. The fourth-order valence-corrected chi connectivity index (χ4v) is 6.63. The number of carbonyl (C=O) groups excluding carboxylic acids is 2. The molecule has 0 radical (unpaired) electrons. The van der Waals surface area contributed by atoms with Crippen molar-refractivity contribution in [2.75, 3.05) is 47.1 Å². The summed E-state index contributed by atoms with van der Waals surface area (Å²) in [6.07, 6.45) is 0.584. The number of nitrogens with zero attached hydrogens (tertiary/aromatic N) is 2. The molecule has 1 heterocycles. The molecule has 1 aliphatic rings. The van der Waals surface area contributed by atoms with Gasteiger partial charge in [0.25, 0.3) is 5.91 Å². The number of amides is 1. The Kier molecular flexibility index (Phi) is 10.3. The van der Waals surface area contributed by atoms with Gasteiger partial charge >= 0.3 is 5.97 Å². The number of methoxy groups -OCH3 is 2. The lowest BCUT2D eigenvalue weighted by atomic mass is 9.91. The van der Waals surface area contributed by atoms with E-state index in [0.29, 0.717) is 54.4 Å².